The van der Waals surface area contributed by atoms with Gasteiger partial charge in [-0.2, -0.15) is 0 Å². The molecule has 1 fully saturated rings. The van der Waals surface area contributed by atoms with Gasteiger partial charge in [0.25, 0.3) is 5.56 Å². The van der Waals surface area contributed by atoms with E-state index in [9.17, 15) is 19.8 Å². The fraction of sp³-hybridized carbons (Fsp3) is 0.240. The second kappa shape index (κ2) is 9.46. The summed E-state index contributed by atoms with van der Waals surface area (Å²) < 4.78 is 7.14. The first-order valence-corrected chi connectivity index (χ1v) is 11.1. The number of H-pyrrole nitrogens is 1. The SMILES string of the molecule is O=C(O)C1(C=Cc2c(O)n(-c3ccc(Oc4ccccc4)cc3)c(=S)[nH]c2=O)CCCCC1. The topological polar surface area (TPSA) is 105 Å². The molecule has 1 saturated carbocycles. The van der Waals surface area contributed by atoms with Crippen LogP contribution in [0.5, 0.6) is 17.4 Å². The summed E-state index contributed by atoms with van der Waals surface area (Å²) >= 11 is 5.28. The fourth-order valence-corrected chi connectivity index (χ4v) is 4.38. The maximum atomic E-state index is 12.5. The van der Waals surface area contributed by atoms with Crippen molar-refractivity contribution in [2.75, 3.05) is 0 Å². The predicted molar refractivity (Wildman–Crippen MR) is 128 cm³/mol. The Morgan fingerprint density at radius 3 is 2.30 bits per heavy atom. The maximum Gasteiger partial charge on any atom is 0.313 e. The molecule has 1 aliphatic rings. The predicted octanol–water partition coefficient (Wildman–Crippen LogP) is 5.44. The van der Waals surface area contributed by atoms with Crippen LogP contribution in [0.1, 0.15) is 37.7 Å². The van der Waals surface area contributed by atoms with Crippen LogP contribution in [0.2, 0.25) is 0 Å². The van der Waals surface area contributed by atoms with Crippen molar-refractivity contribution in [1.29, 1.82) is 0 Å². The summed E-state index contributed by atoms with van der Waals surface area (Å²) in [7, 11) is 0. The Kier molecular flexibility index (Phi) is 6.46. The molecular weight excluding hydrogens is 440 g/mol. The van der Waals surface area contributed by atoms with Gasteiger partial charge < -0.3 is 14.9 Å². The average molecular weight is 465 g/mol. The van der Waals surface area contributed by atoms with Crippen molar-refractivity contribution in [3.8, 4) is 23.1 Å². The molecule has 3 aromatic rings. The first-order chi connectivity index (χ1) is 15.9. The number of carbonyl (C=O) groups is 1. The van der Waals surface area contributed by atoms with E-state index in [1.807, 2.05) is 30.3 Å². The van der Waals surface area contributed by atoms with Crippen molar-refractivity contribution in [1.82, 2.24) is 9.55 Å². The number of carboxylic acid groups (broad SMARTS) is 1. The largest absolute Gasteiger partial charge is 0.494 e. The summed E-state index contributed by atoms with van der Waals surface area (Å²) in [6, 6.07) is 16.2. The Bertz CT molecular complexity index is 1290. The zero-order valence-corrected chi connectivity index (χ0v) is 18.7. The van der Waals surface area contributed by atoms with Gasteiger partial charge in [-0.05, 0) is 67.5 Å². The van der Waals surface area contributed by atoms with Crippen LogP contribution in [0.25, 0.3) is 11.8 Å². The van der Waals surface area contributed by atoms with Crippen LogP contribution in [0.3, 0.4) is 0 Å². The van der Waals surface area contributed by atoms with Gasteiger partial charge in [0.15, 0.2) is 4.77 Å². The lowest BCUT2D eigenvalue weighted by atomic mass is 9.74. The normalized spacial score (nSPS) is 15.4. The molecule has 0 aliphatic heterocycles. The number of hydrogen-bond acceptors (Lipinski definition) is 5. The Morgan fingerprint density at radius 2 is 1.67 bits per heavy atom. The van der Waals surface area contributed by atoms with E-state index >= 15 is 0 Å². The van der Waals surface area contributed by atoms with Gasteiger partial charge in [0.1, 0.15) is 17.1 Å². The first kappa shape index (κ1) is 22.5. The van der Waals surface area contributed by atoms with Crippen LogP contribution in [0, 0.1) is 10.2 Å². The highest BCUT2D eigenvalue weighted by Gasteiger charge is 2.37. The smallest absolute Gasteiger partial charge is 0.313 e. The van der Waals surface area contributed by atoms with Gasteiger partial charge in [-0.15, -0.1) is 0 Å². The molecule has 1 aliphatic carbocycles. The molecule has 3 N–H and O–H groups in total. The molecule has 0 saturated heterocycles. The summed E-state index contributed by atoms with van der Waals surface area (Å²) in [6.07, 6.45) is 6.53. The number of nitrogens with one attached hydrogen (secondary N) is 1. The van der Waals surface area contributed by atoms with Crippen molar-refractivity contribution in [3.63, 3.8) is 0 Å². The van der Waals surface area contributed by atoms with Gasteiger partial charge >= 0.3 is 5.97 Å². The molecule has 7 nitrogen and oxygen atoms in total. The number of benzene rings is 2. The molecule has 0 spiro atoms. The fourth-order valence-electron chi connectivity index (χ4n) is 4.09. The number of aliphatic carboxylic acids is 1. The van der Waals surface area contributed by atoms with Crippen molar-refractivity contribution >= 4 is 24.3 Å². The molecule has 0 amide bonds. The third-order valence-electron chi connectivity index (χ3n) is 5.94. The quantitative estimate of drug-likeness (QED) is 0.420. The molecular formula is C25H24N2O5S. The molecule has 1 aromatic heterocycles. The van der Waals surface area contributed by atoms with E-state index in [0.29, 0.717) is 30.0 Å². The Balaban J connectivity index is 1.68. The minimum Gasteiger partial charge on any atom is -0.494 e. The third-order valence-corrected chi connectivity index (χ3v) is 6.22. The van der Waals surface area contributed by atoms with E-state index in [1.54, 1.807) is 24.3 Å². The van der Waals surface area contributed by atoms with Gasteiger partial charge in [0, 0.05) is 0 Å². The van der Waals surface area contributed by atoms with E-state index in [1.165, 1.54) is 16.7 Å². The van der Waals surface area contributed by atoms with Crippen molar-refractivity contribution in [2.24, 2.45) is 5.41 Å². The highest BCUT2D eigenvalue weighted by molar-refractivity contribution is 7.71. The summed E-state index contributed by atoms with van der Waals surface area (Å²) in [5.74, 6) is 0.0154. The zero-order chi connectivity index (χ0) is 23.4. The summed E-state index contributed by atoms with van der Waals surface area (Å²) in [5, 5.41) is 20.7. The van der Waals surface area contributed by atoms with Crippen molar-refractivity contribution in [2.45, 2.75) is 32.1 Å². The highest BCUT2D eigenvalue weighted by atomic mass is 32.1. The Hall–Kier alpha value is -3.65. The van der Waals surface area contributed by atoms with E-state index in [4.69, 9.17) is 17.0 Å². The van der Waals surface area contributed by atoms with Gasteiger partial charge in [-0.3, -0.25) is 19.1 Å². The second-order valence-electron chi connectivity index (χ2n) is 8.10. The molecule has 4 rings (SSSR count). The number of aromatic hydroxyl groups is 1. The number of para-hydroxylation sites is 1. The summed E-state index contributed by atoms with van der Waals surface area (Å²) in [5.41, 5.74) is -1.13. The highest BCUT2D eigenvalue weighted by Crippen LogP contribution is 2.38. The van der Waals surface area contributed by atoms with E-state index in [2.05, 4.69) is 4.98 Å². The average Bonchev–Trinajstić information content (AvgIpc) is 2.81. The Labute approximate surface area is 195 Å². The monoisotopic (exact) mass is 464 g/mol. The number of aromatic nitrogens is 2. The molecule has 2 aromatic carbocycles. The van der Waals surface area contributed by atoms with Crippen LogP contribution < -0.4 is 10.3 Å². The van der Waals surface area contributed by atoms with Crippen LogP contribution in [0.15, 0.2) is 65.5 Å². The minimum absolute atomic E-state index is 0.0250. The van der Waals surface area contributed by atoms with Crippen LogP contribution in [-0.4, -0.2) is 25.7 Å². The maximum absolute atomic E-state index is 12.5. The van der Waals surface area contributed by atoms with Gasteiger partial charge in [0.2, 0.25) is 5.88 Å². The summed E-state index contributed by atoms with van der Waals surface area (Å²) in [4.78, 5) is 27.0. The lowest BCUT2D eigenvalue weighted by molar-refractivity contribution is -0.147. The molecule has 33 heavy (non-hydrogen) atoms. The summed E-state index contributed by atoms with van der Waals surface area (Å²) in [6.45, 7) is 0. The number of nitrogens with zero attached hydrogens (tertiary/aromatic N) is 1. The van der Waals surface area contributed by atoms with Crippen LogP contribution in [0.4, 0.5) is 0 Å². The van der Waals surface area contributed by atoms with Gasteiger partial charge in [0.05, 0.1) is 11.1 Å². The molecule has 1 heterocycles. The first-order valence-electron chi connectivity index (χ1n) is 10.7. The van der Waals surface area contributed by atoms with E-state index < -0.39 is 16.9 Å². The van der Waals surface area contributed by atoms with Crippen molar-refractivity contribution < 1.29 is 19.7 Å². The third kappa shape index (κ3) is 4.75. The van der Waals surface area contributed by atoms with Gasteiger partial charge in [-0.1, -0.05) is 43.5 Å². The zero-order valence-electron chi connectivity index (χ0n) is 17.9. The number of hydrogen-bond donors (Lipinski definition) is 3. The molecule has 0 atom stereocenters. The van der Waals surface area contributed by atoms with Crippen LogP contribution >= 0.6 is 12.2 Å². The lowest BCUT2D eigenvalue weighted by Crippen LogP contribution is -2.31. The van der Waals surface area contributed by atoms with Crippen molar-refractivity contribution in [3.05, 3.63) is 81.4 Å². The molecule has 0 radical (unpaired) electrons. The molecule has 170 valence electrons. The number of aromatic amines is 1. The Morgan fingerprint density at radius 1 is 1.03 bits per heavy atom. The molecule has 8 heteroatoms. The van der Waals surface area contributed by atoms with E-state index in [0.717, 1.165) is 19.3 Å². The lowest BCUT2D eigenvalue weighted by Gasteiger charge is -2.30. The number of rotatable bonds is 6. The second-order valence-corrected chi connectivity index (χ2v) is 8.48. The molecule has 0 unspecified atom stereocenters. The number of ether oxygens (including phenoxy) is 1. The molecule has 0 bridgehead atoms. The standard InChI is InChI=1S/C25H24N2O5S/c28-21-20(13-16-25(23(30)31)14-5-2-6-15-25)22(29)27(24(33)26-21)17-9-11-19(12-10-17)32-18-7-3-1-4-8-18/h1,3-4,7-13,16,29H,2,5-6,14-15H2,(H,30,31)(H,26,28,33). The van der Waals surface area contributed by atoms with Crippen LogP contribution in [-0.2, 0) is 4.79 Å². The van der Waals surface area contributed by atoms with E-state index in [-0.39, 0.29) is 16.2 Å². The van der Waals surface area contributed by atoms with Gasteiger partial charge in [-0.25, -0.2) is 0 Å². The minimum atomic E-state index is -1.04. The number of carboxylic acids is 1.